The normalized spacial score (nSPS) is 12.4. The van der Waals surface area contributed by atoms with Gasteiger partial charge in [-0.2, -0.15) is 10.2 Å². The minimum absolute atomic E-state index is 0.201. The lowest BCUT2D eigenvalue weighted by atomic mass is 10.0. The molecule has 102 valence electrons. The van der Waals surface area contributed by atoms with Crippen molar-refractivity contribution in [2.45, 2.75) is 39.5 Å². The molecule has 19 heavy (non-hydrogen) atoms. The van der Waals surface area contributed by atoms with Crippen molar-refractivity contribution >= 4 is 11.7 Å². The quantitative estimate of drug-likeness (QED) is 0.773. The molecule has 0 aliphatic heterocycles. The van der Waals surface area contributed by atoms with Crippen molar-refractivity contribution in [1.29, 1.82) is 0 Å². The lowest BCUT2D eigenvalue weighted by Crippen LogP contribution is -2.12. The van der Waals surface area contributed by atoms with E-state index < -0.39 is 0 Å². The maximum atomic E-state index is 12.0. The zero-order valence-corrected chi connectivity index (χ0v) is 11.4. The molecule has 0 saturated heterocycles. The van der Waals surface area contributed by atoms with E-state index in [0.717, 1.165) is 24.2 Å². The van der Waals surface area contributed by atoms with Gasteiger partial charge in [-0.25, -0.2) is 0 Å². The van der Waals surface area contributed by atoms with Gasteiger partial charge >= 0.3 is 0 Å². The Morgan fingerprint density at radius 3 is 2.89 bits per heavy atom. The summed E-state index contributed by atoms with van der Waals surface area (Å²) in [6.07, 6.45) is 3.73. The average Bonchev–Trinajstić information content (AvgIpc) is 2.98. The fourth-order valence-corrected chi connectivity index (χ4v) is 2.00. The van der Waals surface area contributed by atoms with Crippen LogP contribution in [0.15, 0.2) is 12.3 Å². The summed E-state index contributed by atoms with van der Waals surface area (Å²) in [7, 11) is 0. The zero-order valence-electron chi connectivity index (χ0n) is 11.4. The first-order valence-electron chi connectivity index (χ1n) is 6.48. The monoisotopic (exact) mass is 261 g/mol. The van der Waals surface area contributed by atoms with Gasteiger partial charge in [0.1, 0.15) is 0 Å². The van der Waals surface area contributed by atoms with Crippen LogP contribution in [0.4, 0.5) is 5.82 Å². The molecule has 0 aliphatic rings. The molecular weight excluding hydrogens is 242 g/mol. The number of rotatable bonds is 5. The number of aromatic amines is 2. The van der Waals surface area contributed by atoms with E-state index in [1.165, 1.54) is 6.20 Å². The Kier molecular flexibility index (Phi) is 3.99. The molecule has 2 heterocycles. The van der Waals surface area contributed by atoms with Crippen molar-refractivity contribution in [2.24, 2.45) is 0 Å². The molecule has 2 aromatic rings. The fraction of sp³-hybridized carbons (Fsp3) is 0.462. The van der Waals surface area contributed by atoms with Gasteiger partial charge in [-0.1, -0.05) is 20.3 Å². The van der Waals surface area contributed by atoms with Crippen LogP contribution >= 0.6 is 0 Å². The van der Waals surface area contributed by atoms with Crippen molar-refractivity contribution in [2.75, 3.05) is 5.32 Å². The van der Waals surface area contributed by atoms with Gasteiger partial charge in [0, 0.05) is 17.5 Å². The highest BCUT2D eigenvalue weighted by molar-refractivity contribution is 6.04. The fourth-order valence-electron chi connectivity index (χ4n) is 2.00. The molecule has 2 aromatic heterocycles. The topological polar surface area (TPSA) is 86.5 Å². The van der Waals surface area contributed by atoms with E-state index in [1.54, 1.807) is 6.92 Å². The first-order chi connectivity index (χ1) is 9.11. The largest absolute Gasteiger partial charge is 0.305 e. The van der Waals surface area contributed by atoms with E-state index in [0.29, 0.717) is 17.3 Å². The standard InChI is InChI=1S/C13H19N5O/c1-4-5-8(2)11-6-12(18-17-11)15-13(19)10-7-14-16-9(10)3/h6-8H,4-5H2,1-3H3,(H,14,16)(H2,15,17,18,19)/t8-/m0/s1. The number of H-pyrrole nitrogens is 2. The number of nitrogens with zero attached hydrogens (tertiary/aromatic N) is 2. The number of amides is 1. The Balaban J connectivity index is 2.04. The van der Waals surface area contributed by atoms with Crippen LogP contribution in [0.1, 0.15) is 54.4 Å². The van der Waals surface area contributed by atoms with Gasteiger partial charge in [0.15, 0.2) is 5.82 Å². The number of anilines is 1. The summed E-state index contributed by atoms with van der Waals surface area (Å²) in [5.41, 5.74) is 2.32. The van der Waals surface area contributed by atoms with E-state index in [9.17, 15) is 4.79 Å². The van der Waals surface area contributed by atoms with Crippen LogP contribution in [0.5, 0.6) is 0 Å². The number of carbonyl (C=O) groups is 1. The van der Waals surface area contributed by atoms with Gasteiger partial charge in [-0.05, 0) is 19.3 Å². The van der Waals surface area contributed by atoms with E-state index >= 15 is 0 Å². The van der Waals surface area contributed by atoms with Gasteiger partial charge in [0.25, 0.3) is 5.91 Å². The molecule has 0 aliphatic carbocycles. The molecule has 1 amide bonds. The molecule has 3 N–H and O–H groups in total. The summed E-state index contributed by atoms with van der Waals surface area (Å²) in [6.45, 7) is 6.10. The number of aryl methyl sites for hydroxylation is 1. The van der Waals surface area contributed by atoms with Crippen molar-refractivity contribution in [3.63, 3.8) is 0 Å². The van der Waals surface area contributed by atoms with E-state index in [1.807, 2.05) is 6.07 Å². The molecule has 6 heteroatoms. The molecule has 0 unspecified atom stereocenters. The number of hydrogen-bond acceptors (Lipinski definition) is 3. The summed E-state index contributed by atoms with van der Waals surface area (Å²) in [6, 6.07) is 1.88. The van der Waals surface area contributed by atoms with Crippen LogP contribution in [0, 0.1) is 6.92 Å². The first-order valence-corrected chi connectivity index (χ1v) is 6.48. The third-order valence-corrected chi connectivity index (χ3v) is 3.17. The molecule has 0 spiro atoms. The van der Waals surface area contributed by atoms with E-state index in [2.05, 4.69) is 39.6 Å². The lowest BCUT2D eigenvalue weighted by molar-refractivity contribution is 0.102. The maximum absolute atomic E-state index is 12.0. The summed E-state index contributed by atoms with van der Waals surface area (Å²) in [5.74, 6) is 0.759. The molecule has 0 fully saturated rings. The third-order valence-electron chi connectivity index (χ3n) is 3.17. The number of carbonyl (C=O) groups excluding carboxylic acids is 1. The summed E-state index contributed by atoms with van der Waals surface area (Å²) < 4.78 is 0. The second-order valence-electron chi connectivity index (χ2n) is 4.76. The Hall–Kier alpha value is -2.11. The lowest BCUT2D eigenvalue weighted by Gasteiger charge is -2.05. The highest BCUT2D eigenvalue weighted by atomic mass is 16.1. The van der Waals surface area contributed by atoms with Crippen molar-refractivity contribution in [1.82, 2.24) is 20.4 Å². The molecule has 0 bridgehead atoms. The number of hydrogen-bond donors (Lipinski definition) is 3. The molecule has 0 saturated carbocycles. The van der Waals surface area contributed by atoms with Crippen LogP contribution in [0.25, 0.3) is 0 Å². The molecular formula is C13H19N5O. The average molecular weight is 261 g/mol. The summed E-state index contributed by atoms with van der Waals surface area (Å²) in [5, 5.41) is 16.4. The van der Waals surface area contributed by atoms with Gasteiger partial charge in [0.05, 0.1) is 11.8 Å². The minimum atomic E-state index is -0.201. The van der Waals surface area contributed by atoms with Gasteiger partial charge in [-0.15, -0.1) is 0 Å². The second-order valence-corrected chi connectivity index (χ2v) is 4.76. The zero-order chi connectivity index (χ0) is 13.8. The molecule has 0 aromatic carbocycles. The maximum Gasteiger partial charge on any atom is 0.260 e. The Bertz CT molecular complexity index is 557. The van der Waals surface area contributed by atoms with Crippen LogP contribution in [-0.2, 0) is 0 Å². The molecule has 0 radical (unpaired) electrons. The van der Waals surface area contributed by atoms with Crippen LogP contribution < -0.4 is 5.32 Å². The summed E-state index contributed by atoms with van der Waals surface area (Å²) in [4.78, 5) is 12.0. The van der Waals surface area contributed by atoms with Crippen molar-refractivity contribution in [3.05, 3.63) is 29.2 Å². The highest BCUT2D eigenvalue weighted by Crippen LogP contribution is 2.20. The number of aromatic nitrogens is 4. The predicted molar refractivity (Wildman–Crippen MR) is 73.2 cm³/mol. The third kappa shape index (κ3) is 3.01. The molecule has 6 nitrogen and oxygen atoms in total. The Morgan fingerprint density at radius 2 is 2.26 bits per heavy atom. The van der Waals surface area contributed by atoms with E-state index in [4.69, 9.17) is 0 Å². The van der Waals surface area contributed by atoms with E-state index in [-0.39, 0.29) is 5.91 Å². The van der Waals surface area contributed by atoms with Crippen LogP contribution in [-0.4, -0.2) is 26.3 Å². The van der Waals surface area contributed by atoms with Crippen molar-refractivity contribution < 1.29 is 4.79 Å². The van der Waals surface area contributed by atoms with Gasteiger partial charge in [-0.3, -0.25) is 15.0 Å². The smallest absolute Gasteiger partial charge is 0.260 e. The molecule has 2 rings (SSSR count). The Labute approximate surface area is 112 Å². The number of nitrogens with one attached hydrogen (secondary N) is 3. The van der Waals surface area contributed by atoms with Crippen LogP contribution in [0.3, 0.4) is 0 Å². The van der Waals surface area contributed by atoms with Crippen molar-refractivity contribution in [3.8, 4) is 0 Å². The minimum Gasteiger partial charge on any atom is -0.305 e. The van der Waals surface area contributed by atoms with Gasteiger partial charge < -0.3 is 5.32 Å². The van der Waals surface area contributed by atoms with Crippen LogP contribution in [0.2, 0.25) is 0 Å². The highest BCUT2D eigenvalue weighted by Gasteiger charge is 2.14. The first kappa shape index (κ1) is 13.3. The van der Waals surface area contributed by atoms with Gasteiger partial charge in [0.2, 0.25) is 0 Å². The summed E-state index contributed by atoms with van der Waals surface area (Å²) >= 11 is 0. The SMILES string of the molecule is CCC[C@H](C)c1cc(NC(=O)c2cn[nH]c2C)n[nH]1. The molecule has 1 atom stereocenters. The predicted octanol–water partition coefficient (Wildman–Crippen LogP) is 2.60. The second kappa shape index (κ2) is 5.69. The Morgan fingerprint density at radius 1 is 1.47 bits per heavy atom.